The minimum Gasteiger partial charge on any atom is -0.367 e. The number of carbonyl (C=O) groups excluding carboxylic acids is 1. The molecule has 0 heterocycles. The summed E-state index contributed by atoms with van der Waals surface area (Å²) in [4.78, 5) is 12.0. The fourth-order valence-corrected chi connectivity index (χ4v) is 2.40. The number of carbonyl (C=O) groups is 1. The minimum absolute atomic E-state index is 0.350. The molecule has 0 aromatic heterocycles. The van der Waals surface area contributed by atoms with Crippen molar-refractivity contribution in [1.82, 2.24) is 0 Å². The normalized spacial score (nSPS) is 13.5. The lowest BCUT2D eigenvalue weighted by Gasteiger charge is -2.30. The second-order valence-electron chi connectivity index (χ2n) is 4.72. The first-order valence-corrected chi connectivity index (χ1v) is 7.26. The number of benzene rings is 2. The van der Waals surface area contributed by atoms with Crippen molar-refractivity contribution < 1.29 is 4.79 Å². The zero-order valence-electron chi connectivity index (χ0n) is 11.2. The summed E-state index contributed by atoms with van der Waals surface area (Å²) in [5.41, 5.74) is 5.61. The number of para-hydroxylation sites is 1. The van der Waals surface area contributed by atoms with Crippen molar-refractivity contribution in [2.24, 2.45) is 5.73 Å². The van der Waals surface area contributed by atoms with Gasteiger partial charge in [-0.2, -0.15) is 0 Å². The Kier molecular flexibility index (Phi) is 4.67. The highest BCUT2D eigenvalue weighted by molar-refractivity contribution is 6.42. The Morgan fingerprint density at radius 2 is 1.71 bits per heavy atom. The Bertz CT molecular complexity index is 690. The lowest BCUT2D eigenvalue weighted by Crippen LogP contribution is -2.45. The number of hydrogen-bond acceptors (Lipinski definition) is 2. The number of nitrogens with two attached hydrogens (primary N) is 1. The highest BCUT2D eigenvalue weighted by atomic mass is 35.5. The van der Waals surface area contributed by atoms with Gasteiger partial charge in [-0.25, -0.2) is 0 Å². The van der Waals surface area contributed by atoms with Crippen LogP contribution in [-0.2, 0) is 10.3 Å². The molecule has 1 atom stereocenters. The summed E-state index contributed by atoms with van der Waals surface area (Å²) in [6.45, 7) is 1.66. The quantitative estimate of drug-likeness (QED) is 0.861. The summed E-state index contributed by atoms with van der Waals surface area (Å²) in [5, 5.41) is 4.33. The summed E-state index contributed by atoms with van der Waals surface area (Å²) >= 11 is 18.0. The molecule has 2 rings (SSSR count). The second-order valence-corrected chi connectivity index (χ2v) is 5.94. The highest BCUT2D eigenvalue weighted by Gasteiger charge is 2.34. The summed E-state index contributed by atoms with van der Waals surface area (Å²) in [7, 11) is 0. The van der Waals surface area contributed by atoms with Gasteiger partial charge in [0.1, 0.15) is 5.54 Å². The standard InChI is InChI=1S/C15H13Cl3N2O/c1-15(14(19)21,9-6-7-10(16)12(18)8-9)20-13-5-3-2-4-11(13)17/h2-8,20H,1H3,(H2,19,21). The van der Waals surface area contributed by atoms with E-state index in [9.17, 15) is 4.79 Å². The van der Waals surface area contributed by atoms with Gasteiger partial charge in [0.05, 0.1) is 20.8 Å². The van der Waals surface area contributed by atoms with E-state index in [1.807, 2.05) is 6.07 Å². The van der Waals surface area contributed by atoms with Crippen LogP contribution in [0.3, 0.4) is 0 Å². The van der Waals surface area contributed by atoms with Gasteiger partial charge in [0, 0.05) is 0 Å². The molecular formula is C15H13Cl3N2O. The molecular weight excluding hydrogens is 331 g/mol. The molecule has 3 N–H and O–H groups in total. The van der Waals surface area contributed by atoms with Crippen molar-refractivity contribution >= 4 is 46.4 Å². The van der Waals surface area contributed by atoms with Gasteiger partial charge in [-0.05, 0) is 36.8 Å². The van der Waals surface area contributed by atoms with Crippen LogP contribution in [0.25, 0.3) is 0 Å². The van der Waals surface area contributed by atoms with Crippen LogP contribution in [0.4, 0.5) is 5.69 Å². The van der Waals surface area contributed by atoms with E-state index in [1.165, 1.54) is 0 Å². The average molecular weight is 344 g/mol. The fourth-order valence-electron chi connectivity index (χ4n) is 1.92. The first-order chi connectivity index (χ1) is 9.84. The zero-order valence-corrected chi connectivity index (χ0v) is 13.4. The van der Waals surface area contributed by atoms with Crippen molar-refractivity contribution in [3.63, 3.8) is 0 Å². The molecule has 0 aliphatic carbocycles. The van der Waals surface area contributed by atoms with E-state index in [1.54, 1.807) is 43.3 Å². The van der Waals surface area contributed by atoms with E-state index in [0.29, 0.717) is 26.3 Å². The molecule has 0 fully saturated rings. The van der Waals surface area contributed by atoms with E-state index in [0.717, 1.165) is 0 Å². The van der Waals surface area contributed by atoms with Gasteiger partial charge in [-0.3, -0.25) is 4.79 Å². The van der Waals surface area contributed by atoms with Crippen molar-refractivity contribution in [3.05, 3.63) is 63.1 Å². The first-order valence-electron chi connectivity index (χ1n) is 6.13. The molecule has 0 bridgehead atoms. The monoisotopic (exact) mass is 342 g/mol. The molecule has 1 unspecified atom stereocenters. The molecule has 1 amide bonds. The van der Waals surface area contributed by atoms with Crippen LogP contribution < -0.4 is 11.1 Å². The lowest BCUT2D eigenvalue weighted by molar-refractivity contribution is -0.122. The van der Waals surface area contributed by atoms with Gasteiger partial charge >= 0.3 is 0 Å². The van der Waals surface area contributed by atoms with Crippen molar-refractivity contribution in [3.8, 4) is 0 Å². The van der Waals surface area contributed by atoms with Crippen LogP contribution in [0.2, 0.25) is 15.1 Å². The Labute approximate surface area is 138 Å². The maximum atomic E-state index is 12.0. The molecule has 0 saturated heterocycles. The number of rotatable bonds is 4. The van der Waals surface area contributed by atoms with Crippen LogP contribution in [-0.4, -0.2) is 5.91 Å². The van der Waals surface area contributed by atoms with E-state index < -0.39 is 11.4 Å². The van der Waals surface area contributed by atoms with E-state index in [-0.39, 0.29) is 0 Å². The molecule has 6 heteroatoms. The van der Waals surface area contributed by atoms with Gasteiger partial charge in [-0.1, -0.05) is 53.0 Å². The maximum absolute atomic E-state index is 12.0. The van der Waals surface area contributed by atoms with Gasteiger partial charge in [0.25, 0.3) is 0 Å². The number of anilines is 1. The topological polar surface area (TPSA) is 55.1 Å². The molecule has 3 nitrogen and oxygen atoms in total. The Balaban J connectivity index is 2.48. The molecule has 0 saturated carbocycles. The third kappa shape index (κ3) is 3.26. The Morgan fingerprint density at radius 3 is 2.29 bits per heavy atom. The largest absolute Gasteiger partial charge is 0.367 e. The van der Waals surface area contributed by atoms with E-state index in [4.69, 9.17) is 40.5 Å². The molecule has 21 heavy (non-hydrogen) atoms. The summed E-state index contributed by atoms with van der Waals surface area (Å²) in [6.07, 6.45) is 0. The summed E-state index contributed by atoms with van der Waals surface area (Å²) in [5.74, 6) is -0.555. The number of nitrogens with one attached hydrogen (secondary N) is 1. The highest BCUT2D eigenvalue weighted by Crippen LogP contribution is 2.33. The number of primary amides is 1. The molecule has 0 aliphatic rings. The SMILES string of the molecule is CC(Nc1ccccc1Cl)(C(N)=O)c1ccc(Cl)c(Cl)c1. The molecule has 2 aromatic carbocycles. The number of amides is 1. The van der Waals surface area contributed by atoms with Crippen LogP contribution in [0, 0.1) is 0 Å². The summed E-state index contributed by atoms with van der Waals surface area (Å²) in [6, 6.07) is 12.0. The molecule has 0 radical (unpaired) electrons. The van der Waals surface area contributed by atoms with E-state index in [2.05, 4.69) is 5.32 Å². The van der Waals surface area contributed by atoms with Crippen molar-refractivity contribution in [2.75, 3.05) is 5.32 Å². The maximum Gasteiger partial charge on any atom is 0.247 e. The third-order valence-corrected chi connectivity index (χ3v) is 4.32. The van der Waals surface area contributed by atoms with E-state index >= 15 is 0 Å². The van der Waals surface area contributed by atoms with Gasteiger partial charge in [-0.15, -0.1) is 0 Å². The predicted molar refractivity (Wildman–Crippen MR) is 88.1 cm³/mol. The Hall–Kier alpha value is -1.42. The number of hydrogen-bond donors (Lipinski definition) is 2. The van der Waals surface area contributed by atoms with Crippen LogP contribution in [0.15, 0.2) is 42.5 Å². The van der Waals surface area contributed by atoms with Crippen LogP contribution >= 0.6 is 34.8 Å². The summed E-state index contributed by atoms with van der Waals surface area (Å²) < 4.78 is 0. The Morgan fingerprint density at radius 1 is 1.05 bits per heavy atom. The molecule has 110 valence electrons. The zero-order chi connectivity index (χ0) is 15.6. The van der Waals surface area contributed by atoms with Gasteiger partial charge < -0.3 is 11.1 Å². The smallest absolute Gasteiger partial charge is 0.247 e. The van der Waals surface area contributed by atoms with Crippen molar-refractivity contribution in [2.45, 2.75) is 12.5 Å². The molecule has 0 spiro atoms. The van der Waals surface area contributed by atoms with Crippen LogP contribution in [0.1, 0.15) is 12.5 Å². The fraction of sp³-hybridized carbons (Fsp3) is 0.133. The third-order valence-electron chi connectivity index (χ3n) is 3.25. The predicted octanol–water partition coefficient (Wildman–Crippen LogP) is 4.46. The minimum atomic E-state index is -1.17. The van der Waals surface area contributed by atoms with Gasteiger partial charge in [0.15, 0.2) is 0 Å². The van der Waals surface area contributed by atoms with Crippen LogP contribution in [0.5, 0.6) is 0 Å². The molecule has 0 aliphatic heterocycles. The average Bonchev–Trinajstić information content (AvgIpc) is 2.44. The second kappa shape index (κ2) is 6.14. The number of halogens is 3. The molecule has 2 aromatic rings. The lowest BCUT2D eigenvalue weighted by atomic mass is 9.91. The van der Waals surface area contributed by atoms with Crippen molar-refractivity contribution in [1.29, 1.82) is 0 Å². The van der Waals surface area contributed by atoms with Gasteiger partial charge in [0.2, 0.25) is 5.91 Å². The first kappa shape index (κ1) is 16.0.